The number of rotatable bonds is 13. The van der Waals surface area contributed by atoms with Crippen LogP contribution in [0.1, 0.15) is 36.4 Å². The molecule has 0 aromatic heterocycles. The largest absolute Gasteiger partial charge is 0.481 e. The van der Waals surface area contributed by atoms with E-state index in [1.165, 1.54) is 0 Å². The lowest BCUT2D eigenvalue weighted by Crippen LogP contribution is -2.44. The van der Waals surface area contributed by atoms with Crippen molar-refractivity contribution in [2.24, 2.45) is 10.7 Å². The summed E-state index contributed by atoms with van der Waals surface area (Å²) in [7, 11) is -8.41. The van der Waals surface area contributed by atoms with E-state index >= 15 is 0 Å². The summed E-state index contributed by atoms with van der Waals surface area (Å²) in [6.45, 7) is 0.304. The second kappa shape index (κ2) is 12.6. The molecule has 42 heavy (non-hydrogen) atoms. The molecular formula is C26H30N4O10S2. The van der Waals surface area contributed by atoms with E-state index in [9.17, 15) is 26.4 Å². The topological polar surface area (TPSA) is 226 Å². The Labute approximate surface area is 242 Å². The molecule has 0 radical (unpaired) electrons. The fraction of sp³-hybridized carbons (Fsp3) is 0.346. The quantitative estimate of drug-likeness (QED) is 0.200. The molecule has 0 saturated carbocycles. The van der Waals surface area contributed by atoms with E-state index < -0.39 is 62.1 Å². The summed E-state index contributed by atoms with van der Waals surface area (Å²) >= 11 is 0. The molecule has 2 aromatic rings. The number of aliphatic carboxylic acids is 1. The number of nitrogens with one attached hydrogen (secondary N) is 1. The van der Waals surface area contributed by atoms with Gasteiger partial charge in [-0.15, -0.1) is 0 Å². The van der Waals surface area contributed by atoms with Gasteiger partial charge in [-0.05, 0) is 36.6 Å². The fourth-order valence-corrected chi connectivity index (χ4v) is 5.64. The lowest BCUT2D eigenvalue weighted by Gasteiger charge is -2.30. The Hall–Kier alpha value is -3.83. The molecule has 0 bridgehead atoms. The average molecular weight is 623 g/mol. The zero-order chi connectivity index (χ0) is 30.7. The smallest absolute Gasteiger partial charge is 0.305 e. The standard InChI is InChI=1S/C26H30N4O10S2/c27-19(14-24(31)32)26(33)29-21-15-23-25(18-6-2-1-5-17(18)21)28-20-8-7-16(13-22(20)40-23)30(9-3-11-41(34,35)36)10-4-12-42(37,38)39/h1-2,5-8,13,15,19,21H,3-4,9-12,14,27H2,(H,29,33)(H,31,32)(H,34,35,36)(H,37,38,39)/t19-,21?/m0/s1. The summed E-state index contributed by atoms with van der Waals surface area (Å²) < 4.78 is 69.2. The Kier molecular flexibility index (Phi) is 9.32. The number of amides is 1. The lowest BCUT2D eigenvalue weighted by molar-refractivity contribution is -0.139. The van der Waals surface area contributed by atoms with Crippen LogP contribution in [-0.2, 0) is 29.8 Å². The van der Waals surface area contributed by atoms with E-state index in [0.717, 1.165) is 0 Å². The monoisotopic (exact) mass is 622 g/mol. The van der Waals surface area contributed by atoms with Crippen molar-refractivity contribution in [3.05, 3.63) is 65.4 Å². The van der Waals surface area contributed by atoms with E-state index in [0.29, 0.717) is 39.7 Å². The highest BCUT2D eigenvalue weighted by molar-refractivity contribution is 7.86. The molecule has 16 heteroatoms. The Morgan fingerprint density at radius 2 is 1.67 bits per heavy atom. The number of aliphatic imine (C=N–C) groups is 1. The number of hydrogen-bond acceptors (Lipinski definition) is 10. The number of hydrogen-bond donors (Lipinski definition) is 5. The van der Waals surface area contributed by atoms with E-state index in [4.69, 9.17) is 29.7 Å². The molecule has 6 N–H and O–H groups in total. The normalized spacial score (nSPS) is 16.5. The van der Waals surface area contributed by atoms with Crippen LogP contribution >= 0.6 is 0 Å². The third kappa shape index (κ3) is 8.13. The molecule has 1 unspecified atom stereocenters. The van der Waals surface area contributed by atoms with Gasteiger partial charge in [-0.3, -0.25) is 18.7 Å². The molecule has 1 amide bonds. The van der Waals surface area contributed by atoms with Crippen LogP contribution in [-0.4, -0.2) is 79.3 Å². The van der Waals surface area contributed by atoms with Crippen LogP contribution in [0.5, 0.6) is 5.75 Å². The molecule has 226 valence electrons. The highest BCUT2D eigenvalue weighted by Gasteiger charge is 2.32. The van der Waals surface area contributed by atoms with Gasteiger partial charge in [-0.2, -0.15) is 16.8 Å². The molecule has 1 heterocycles. The van der Waals surface area contributed by atoms with Gasteiger partial charge in [0.05, 0.1) is 30.0 Å². The second-order valence-electron chi connectivity index (χ2n) is 9.79. The second-order valence-corrected chi connectivity index (χ2v) is 12.9. The van der Waals surface area contributed by atoms with E-state index in [1.807, 2.05) is 6.07 Å². The predicted molar refractivity (Wildman–Crippen MR) is 153 cm³/mol. The predicted octanol–water partition coefficient (Wildman–Crippen LogP) is 1.42. The molecule has 4 rings (SSSR count). The molecule has 0 saturated heterocycles. The third-order valence-electron chi connectivity index (χ3n) is 6.55. The highest BCUT2D eigenvalue weighted by atomic mass is 32.2. The van der Waals surface area contributed by atoms with Crippen molar-refractivity contribution in [3.63, 3.8) is 0 Å². The minimum Gasteiger partial charge on any atom is -0.481 e. The number of fused-ring (bicyclic) bond motifs is 4. The van der Waals surface area contributed by atoms with Crippen LogP contribution in [0, 0.1) is 0 Å². The van der Waals surface area contributed by atoms with Crippen molar-refractivity contribution in [1.82, 2.24) is 5.32 Å². The number of carboxylic acids is 1. The lowest BCUT2D eigenvalue weighted by atomic mass is 9.89. The fourth-order valence-electron chi connectivity index (χ4n) is 4.65. The Balaban J connectivity index is 1.62. The Morgan fingerprint density at radius 1 is 1.02 bits per heavy atom. The molecule has 0 fully saturated rings. The van der Waals surface area contributed by atoms with Gasteiger partial charge in [0.25, 0.3) is 20.2 Å². The summed E-state index contributed by atoms with van der Waals surface area (Å²) in [5, 5.41) is 11.7. The summed E-state index contributed by atoms with van der Waals surface area (Å²) in [5.74, 6) is -2.18. The summed E-state index contributed by atoms with van der Waals surface area (Å²) in [6.07, 6.45) is 1.20. The van der Waals surface area contributed by atoms with Crippen LogP contribution in [0.3, 0.4) is 0 Å². The van der Waals surface area contributed by atoms with Gasteiger partial charge in [0.1, 0.15) is 11.4 Å². The van der Waals surface area contributed by atoms with Crippen molar-refractivity contribution in [2.45, 2.75) is 31.3 Å². The summed E-state index contributed by atoms with van der Waals surface area (Å²) in [6, 6.07) is 10.3. The SMILES string of the molecule is N[C@@H](CC(=O)O)C(=O)NC1C=C2Oc3cc(N(CCCS(=O)(=O)O)CCCS(=O)(=O)O)ccc3N=C2c2ccccc21. The van der Waals surface area contributed by atoms with Crippen LogP contribution in [0.15, 0.2) is 59.3 Å². The van der Waals surface area contributed by atoms with Gasteiger partial charge in [0.2, 0.25) is 5.91 Å². The molecule has 2 aromatic carbocycles. The molecule has 0 spiro atoms. The molecular weight excluding hydrogens is 592 g/mol. The molecule has 1 aliphatic heterocycles. The zero-order valence-corrected chi connectivity index (χ0v) is 23.8. The van der Waals surface area contributed by atoms with Crippen molar-refractivity contribution in [2.75, 3.05) is 29.5 Å². The number of ether oxygens (including phenoxy) is 1. The first kappa shape index (κ1) is 31.1. The van der Waals surface area contributed by atoms with Crippen LogP contribution < -0.4 is 20.7 Å². The van der Waals surface area contributed by atoms with Gasteiger partial charge in [-0.1, -0.05) is 24.3 Å². The number of carbonyl (C=O) groups excluding carboxylic acids is 1. The maximum absolute atomic E-state index is 12.6. The number of nitrogens with two attached hydrogens (primary N) is 1. The number of anilines is 1. The number of benzene rings is 2. The van der Waals surface area contributed by atoms with Crippen molar-refractivity contribution < 1.29 is 45.4 Å². The van der Waals surface area contributed by atoms with E-state index in [2.05, 4.69) is 5.32 Å². The Bertz CT molecular complexity index is 1620. The number of nitrogens with zero attached hydrogens (tertiary/aromatic N) is 2. The molecule has 2 atom stereocenters. The van der Waals surface area contributed by atoms with E-state index in [1.54, 1.807) is 47.4 Å². The van der Waals surface area contributed by atoms with Gasteiger partial charge in [0, 0.05) is 30.4 Å². The van der Waals surface area contributed by atoms with Crippen LogP contribution in [0.2, 0.25) is 0 Å². The first-order valence-electron chi connectivity index (χ1n) is 12.9. The van der Waals surface area contributed by atoms with Crippen molar-refractivity contribution >= 4 is 49.2 Å². The summed E-state index contributed by atoms with van der Waals surface area (Å²) in [4.78, 5) is 30.1. The van der Waals surface area contributed by atoms with E-state index in [-0.39, 0.29) is 25.9 Å². The molecule has 14 nitrogen and oxygen atoms in total. The van der Waals surface area contributed by atoms with Gasteiger partial charge < -0.3 is 25.8 Å². The van der Waals surface area contributed by atoms with Crippen LogP contribution in [0.25, 0.3) is 0 Å². The maximum atomic E-state index is 12.6. The number of carboxylic acid groups (broad SMARTS) is 1. The maximum Gasteiger partial charge on any atom is 0.305 e. The zero-order valence-electron chi connectivity index (χ0n) is 22.2. The van der Waals surface area contributed by atoms with Crippen LogP contribution in [0.4, 0.5) is 11.4 Å². The molecule has 1 aliphatic carbocycles. The third-order valence-corrected chi connectivity index (χ3v) is 8.16. The van der Waals surface area contributed by atoms with Crippen molar-refractivity contribution in [1.29, 1.82) is 0 Å². The first-order valence-corrected chi connectivity index (χ1v) is 16.1. The van der Waals surface area contributed by atoms with Crippen molar-refractivity contribution in [3.8, 4) is 5.75 Å². The number of allylic oxidation sites excluding steroid dienone is 1. The van der Waals surface area contributed by atoms with Gasteiger partial charge in [-0.25, -0.2) is 4.99 Å². The Morgan fingerprint density at radius 3 is 2.29 bits per heavy atom. The minimum atomic E-state index is -4.20. The van der Waals surface area contributed by atoms with Gasteiger partial charge >= 0.3 is 5.97 Å². The average Bonchev–Trinajstić information content (AvgIpc) is 2.89. The summed E-state index contributed by atoms with van der Waals surface area (Å²) in [5.41, 5.74) is 8.71. The first-order chi connectivity index (χ1) is 19.7. The number of carbonyl (C=O) groups is 2. The highest BCUT2D eigenvalue weighted by Crippen LogP contribution is 2.41. The molecule has 2 aliphatic rings. The minimum absolute atomic E-state index is 0.0539. The van der Waals surface area contributed by atoms with Gasteiger partial charge in [0.15, 0.2) is 11.5 Å².